The molecule has 2 aromatic carbocycles. The maximum Gasteiger partial charge on any atom is 0.471 e. The number of aromatic amines is 1. The number of piperazine rings is 1. The highest BCUT2D eigenvalue weighted by molar-refractivity contribution is 7.89. The number of rotatable bonds is 9. The molecule has 12 nitrogen and oxygen atoms in total. The minimum absolute atomic E-state index is 0. The third-order valence-corrected chi connectivity index (χ3v) is 10.1. The molecule has 3 heterocycles. The minimum atomic E-state index is -5.28. The van der Waals surface area contributed by atoms with E-state index in [1.165, 1.54) is 26.2 Å². The molecule has 1 atom stereocenters. The van der Waals surface area contributed by atoms with Crippen LogP contribution in [0.25, 0.3) is 0 Å². The van der Waals surface area contributed by atoms with Crippen molar-refractivity contribution in [2.75, 3.05) is 68.6 Å². The molecule has 2 amide bonds. The van der Waals surface area contributed by atoms with E-state index in [2.05, 4.69) is 20.4 Å². The zero-order valence-electron chi connectivity index (χ0n) is 26.7. The van der Waals surface area contributed by atoms with Gasteiger partial charge in [0.2, 0.25) is 10.0 Å². The number of carbonyl (C=O) groups is 2. The molecule has 0 radical (unpaired) electrons. The number of hydrogen-bond donors (Lipinski definition) is 2. The average molecular weight is 736 g/mol. The third kappa shape index (κ3) is 8.15. The van der Waals surface area contributed by atoms with Crippen molar-refractivity contribution < 1.29 is 44.7 Å². The van der Waals surface area contributed by atoms with Gasteiger partial charge in [-0.1, -0.05) is 0 Å². The number of methoxy groups -OCH3 is 1. The molecule has 3 aromatic rings. The number of halogens is 6. The van der Waals surface area contributed by atoms with Gasteiger partial charge in [-0.15, -0.1) is 12.4 Å². The number of hydrogen-bond acceptors (Lipinski definition) is 8. The lowest BCUT2D eigenvalue weighted by Gasteiger charge is -2.36. The van der Waals surface area contributed by atoms with Crippen LogP contribution in [-0.4, -0.2) is 105 Å². The molecule has 5 rings (SSSR count). The van der Waals surface area contributed by atoms with Gasteiger partial charge in [-0.3, -0.25) is 19.6 Å². The normalized spacial score (nSPS) is 16.4. The van der Waals surface area contributed by atoms with Crippen LogP contribution in [0.1, 0.15) is 28.5 Å². The molecule has 1 fully saturated rings. The second-order valence-corrected chi connectivity index (χ2v) is 13.6. The van der Waals surface area contributed by atoms with Crippen LogP contribution in [0.15, 0.2) is 41.3 Å². The number of carbonyl (C=O) groups excluding carboxylic acids is 2. The number of sulfonamides is 1. The highest BCUT2D eigenvalue weighted by Gasteiger charge is 2.45. The molecule has 268 valence electrons. The number of amides is 2. The summed E-state index contributed by atoms with van der Waals surface area (Å²) in [6.07, 6.45) is -5.16. The van der Waals surface area contributed by atoms with Crippen LogP contribution < -0.4 is 15.1 Å². The van der Waals surface area contributed by atoms with Crippen LogP contribution in [-0.2, 0) is 32.5 Å². The van der Waals surface area contributed by atoms with Gasteiger partial charge in [0.25, 0.3) is 5.91 Å². The summed E-state index contributed by atoms with van der Waals surface area (Å²) < 4.78 is 102. The van der Waals surface area contributed by atoms with Crippen LogP contribution in [0, 0.1) is 11.6 Å². The van der Waals surface area contributed by atoms with Crippen molar-refractivity contribution >= 4 is 51.4 Å². The predicted octanol–water partition coefficient (Wildman–Crippen LogP) is 3.79. The molecular formula is C30H35ClF5N7O5S. The van der Waals surface area contributed by atoms with Crippen molar-refractivity contribution in [2.45, 2.75) is 37.0 Å². The summed E-state index contributed by atoms with van der Waals surface area (Å²) in [7, 11) is -1.16. The summed E-state index contributed by atoms with van der Waals surface area (Å²) >= 11 is 0. The summed E-state index contributed by atoms with van der Waals surface area (Å²) in [6.45, 7) is 3.19. The third-order valence-electron chi connectivity index (χ3n) is 8.27. The molecule has 0 unspecified atom stereocenters. The number of ether oxygens (including phenoxy) is 1. The Morgan fingerprint density at radius 2 is 1.71 bits per heavy atom. The summed E-state index contributed by atoms with van der Waals surface area (Å²) in [5, 5.41) is 9.38. The van der Waals surface area contributed by atoms with Gasteiger partial charge in [-0.2, -0.15) is 22.6 Å². The maximum absolute atomic E-state index is 14.0. The first-order valence-electron chi connectivity index (χ1n) is 14.9. The van der Waals surface area contributed by atoms with Crippen molar-refractivity contribution in [1.29, 1.82) is 0 Å². The number of nitrogens with one attached hydrogen (secondary N) is 2. The smallest absolute Gasteiger partial charge is 0.383 e. The fraction of sp³-hybridized carbons (Fsp3) is 0.433. The number of nitrogens with zero attached hydrogens (tertiary/aromatic N) is 5. The number of likely N-dealkylation sites (N-methyl/N-ethyl adjacent to an activating group) is 1. The molecule has 2 N–H and O–H groups in total. The van der Waals surface area contributed by atoms with E-state index in [9.17, 15) is 40.0 Å². The molecule has 0 bridgehead atoms. The molecule has 2 aliphatic rings. The minimum Gasteiger partial charge on any atom is -0.383 e. The number of alkyl halides is 3. The fourth-order valence-corrected chi connectivity index (χ4v) is 7.20. The van der Waals surface area contributed by atoms with E-state index in [1.54, 1.807) is 6.07 Å². The van der Waals surface area contributed by atoms with Crippen LogP contribution >= 0.6 is 12.4 Å². The van der Waals surface area contributed by atoms with Gasteiger partial charge < -0.3 is 19.9 Å². The van der Waals surface area contributed by atoms with Gasteiger partial charge in [0.15, 0.2) is 5.82 Å². The predicted molar refractivity (Wildman–Crippen MR) is 172 cm³/mol. The Morgan fingerprint density at radius 3 is 2.33 bits per heavy atom. The molecule has 2 aliphatic heterocycles. The molecule has 0 spiro atoms. The Labute approximate surface area is 285 Å². The Bertz CT molecular complexity index is 1780. The summed E-state index contributed by atoms with van der Waals surface area (Å²) in [6, 6.07) is 5.06. The Kier molecular flexibility index (Phi) is 11.6. The van der Waals surface area contributed by atoms with E-state index in [1.807, 2.05) is 11.9 Å². The van der Waals surface area contributed by atoms with Crippen molar-refractivity contribution in [3.63, 3.8) is 0 Å². The zero-order chi connectivity index (χ0) is 35.0. The molecule has 0 aliphatic carbocycles. The van der Waals surface area contributed by atoms with Crippen molar-refractivity contribution in [3.05, 3.63) is 64.9 Å². The molecule has 1 saturated heterocycles. The fourth-order valence-electron chi connectivity index (χ4n) is 5.75. The zero-order valence-corrected chi connectivity index (χ0v) is 28.3. The molecule has 19 heteroatoms. The van der Waals surface area contributed by atoms with Crippen molar-refractivity contribution in [1.82, 2.24) is 19.4 Å². The van der Waals surface area contributed by atoms with E-state index in [0.29, 0.717) is 60.7 Å². The van der Waals surface area contributed by atoms with Gasteiger partial charge in [-0.05, 0) is 44.3 Å². The van der Waals surface area contributed by atoms with Gasteiger partial charge in [0.05, 0.1) is 28.8 Å². The number of fused-ring (bicyclic) bond motifs is 1. The van der Waals surface area contributed by atoms with E-state index in [-0.39, 0.29) is 61.2 Å². The lowest BCUT2D eigenvalue weighted by molar-refractivity contribution is -0.171. The standard InChI is InChI=1S/C30H34F5N7O5S.ClH/c1-18(17-47-3)42(29(44)30(33,34)35)26-15-21(40-10-8-39(2)9-11-40)4-5-23(26)28(43)36-27-24-16-41(7-6-25(24)37-38-27)48(45,46)22-13-19(31)12-20(32)14-22;/h4-5,12-15,18H,6-11,16-17H2,1-3H3,(H2,36,37,38,43);1H/t18-;/m0./s1. The largest absolute Gasteiger partial charge is 0.471 e. The summed E-state index contributed by atoms with van der Waals surface area (Å²) in [5.74, 6) is -5.36. The second kappa shape index (κ2) is 15.0. The van der Waals surface area contributed by atoms with E-state index < -0.39 is 50.6 Å². The number of anilines is 3. The average Bonchev–Trinajstić information content (AvgIpc) is 3.42. The Hall–Kier alpha value is -3.84. The summed E-state index contributed by atoms with van der Waals surface area (Å²) in [4.78, 5) is 30.6. The van der Waals surface area contributed by atoms with Crippen LogP contribution in [0.3, 0.4) is 0 Å². The summed E-state index contributed by atoms with van der Waals surface area (Å²) in [5.41, 5.74) is 0.654. The topological polar surface area (TPSA) is 131 Å². The van der Waals surface area contributed by atoms with E-state index in [0.717, 1.165) is 4.31 Å². The van der Waals surface area contributed by atoms with Crippen molar-refractivity contribution in [2.24, 2.45) is 0 Å². The SMILES string of the molecule is COC[C@H](C)N(C(=O)C(F)(F)F)c1cc(N2CCN(C)CC2)ccc1C(=O)Nc1n[nH]c2c1CN(S(=O)(=O)c1cc(F)cc(F)c1)CC2.Cl. The van der Waals surface area contributed by atoms with Crippen LogP contribution in [0.2, 0.25) is 0 Å². The van der Waals surface area contributed by atoms with Crippen molar-refractivity contribution in [3.8, 4) is 0 Å². The highest BCUT2D eigenvalue weighted by Crippen LogP contribution is 2.34. The van der Waals surface area contributed by atoms with E-state index >= 15 is 0 Å². The van der Waals surface area contributed by atoms with Gasteiger partial charge >= 0.3 is 12.1 Å². The lowest BCUT2D eigenvalue weighted by Crippen LogP contribution is -2.49. The Balaban J connectivity index is 0.00000541. The quantitative estimate of drug-likeness (QED) is 0.318. The monoisotopic (exact) mass is 735 g/mol. The molecular weight excluding hydrogens is 701 g/mol. The van der Waals surface area contributed by atoms with Gasteiger partial charge in [-0.25, -0.2) is 17.2 Å². The second-order valence-electron chi connectivity index (χ2n) is 11.6. The van der Waals surface area contributed by atoms with Gasteiger partial charge in [0, 0.05) is 75.8 Å². The van der Waals surface area contributed by atoms with E-state index in [4.69, 9.17) is 4.74 Å². The molecule has 1 aromatic heterocycles. The maximum atomic E-state index is 14.0. The van der Waals surface area contributed by atoms with Crippen LogP contribution in [0.5, 0.6) is 0 Å². The Morgan fingerprint density at radius 1 is 1.06 bits per heavy atom. The molecule has 49 heavy (non-hydrogen) atoms. The number of H-pyrrole nitrogens is 1. The molecule has 0 saturated carbocycles. The highest BCUT2D eigenvalue weighted by atomic mass is 35.5. The first-order chi connectivity index (χ1) is 22.6. The first kappa shape index (κ1) is 38.0. The number of aromatic nitrogens is 2. The van der Waals surface area contributed by atoms with Crippen LogP contribution in [0.4, 0.5) is 39.1 Å². The number of benzene rings is 2. The first-order valence-corrected chi connectivity index (χ1v) is 16.3. The van der Waals surface area contributed by atoms with Gasteiger partial charge in [0.1, 0.15) is 11.6 Å². The lowest BCUT2D eigenvalue weighted by atomic mass is 10.1.